The second-order valence-corrected chi connectivity index (χ2v) is 6.20. The Bertz CT molecular complexity index is 264. The molecule has 15 heavy (non-hydrogen) atoms. The fourth-order valence-electron chi connectivity index (χ4n) is 3.79. The second kappa shape index (κ2) is 3.50. The minimum atomic E-state index is 0.0604. The van der Waals surface area contributed by atoms with Crippen LogP contribution in [0.4, 0.5) is 0 Å². The molecule has 86 valence electrons. The largest absolute Gasteiger partial charge is 0.465 e. The number of fused-ring (bicyclic) bond motifs is 1. The average Bonchev–Trinajstić information content (AvgIpc) is 2.64. The van der Waals surface area contributed by atoms with E-state index in [4.69, 9.17) is 4.74 Å². The Morgan fingerprint density at radius 1 is 1.40 bits per heavy atom. The molecule has 1 saturated heterocycles. The molecule has 0 aromatic carbocycles. The van der Waals surface area contributed by atoms with E-state index in [2.05, 4.69) is 27.7 Å². The number of rotatable bonds is 1. The summed E-state index contributed by atoms with van der Waals surface area (Å²) in [5.74, 6) is 2.12. The summed E-state index contributed by atoms with van der Waals surface area (Å²) in [4.78, 5) is 11.6. The molecule has 0 radical (unpaired) electrons. The lowest BCUT2D eigenvalue weighted by atomic mass is 9.70. The Labute approximate surface area is 92.4 Å². The van der Waals surface area contributed by atoms with Crippen LogP contribution in [0.25, 0.3) is 0 Å². The topological polar surface area (TPSA) is 26.3 Å². The quantitative estimate of drug-likeness (QED) is 0.622. The Morgan fingerprint density at radius 3 is 2.60 bits per heavy atom. The minimum absolute atomic E-state index is 0.0604. The van der Waals surface area contributed by atoms with E-state index in [1.165, 1.54) is 6.42 Å². The summed E-state index contributed by atoms with van der Waals surface area (Å²) in [6.45, 7) is 9.81. The van der Waals surface area contributed by atoms with Crippen molar-refractivity contribution in [2.75, 3.05) is 6.61 Å². The molecule has 4 atom stereocenters. The maximum absolute atomic E-state index is 11.6. The third-order valence-corrected chi connectivity index (χ3v) is 4.29. The molecule has 2 aliphatic rings. The van der Waals surface area contributed by atoms with Crippen LogP contribution >= 0.6 is 0 Å². The van der Waals surface area contributed by atoms with Gasteiger partial charge in [-0.3, -0.25) is 4.79 Å². The van der Waals surface area contributed by atoms with E-state index in [1.807, 2.05) is 0 Å². The number of hydrogen-bond acceptors (Lipinski definition) is 2. The Morgan fingerprint density at radius 2 is 2.07 bits per heavy atom. The fraction of sp³-hybridized carbons (Fsp3) is 0.923. The van der Waals surface area contributed by atoms with E-state index in [-0.39, 0.29) is 11.9 Å². The van der Waals surface area contributed by atoms with Gasteiger partial charge in [0.2, 0.25) is 0 Å². The molecule has 0 aromatic heterocycles. The van der Waals surface area contributed by atoms with Crippen molar-refractivity contribution in [1.82, 2.24) is 0 Å². The van der Waals surface area contributed by atoms with Gasteiger partial charge in [0.1, 0.15) is 0 Å². The number of carbonyl (C=O) groups is 1. The van der Waals surface area contributed by atoms with Crippen molar-refractivity contribution in [3.8, 4) is 0 Å². The van der Waals surface area contributed by atoms with Gasteiger partial charge >= 0.3 is 5.97 Å². The Balaban J connectivity index is 2.24. The molecule has 0 bridgehead atoms. The molecule has 2 rings (SSSR count). The SMILES string of the molecule is CCC1CC2C(=O)OCC2C1C(C)(C)C. The van der Waals surface area contributed by atoms with Gasteiger partial charge in [-0.15, -0.1) is 0 Å². The standard InChI is InChI=1S/C13H22O2/c1-5-8-6-9-10(7-15-12(9)14)11(8)13(2,3)4/h8-11H,5-7H2,1-4H3. The highest BCUT2D eigenvalue weighted by molar-refractivity contribution is 5.75. The van der Waals surface area contributed by atoms with Gasteiger partial charge in [0.05, 0.1) is 12.5 Å². The lowest BCUT2D eigenvalue weighted by Crippen LogP contribution is -2.30. The molecule has 2 nitrogen and oxygen atoms in total. The number of cyclic esters (lactones) is 1. The van der Waals surface area contributed by atoms with Gasteiger partial charge in [0.15, 0.2) is 0 Å². The Hall–Kier alpha value is -0.530. The van der Waals surface area contributed by atoms with E-state index < -0.39 is 0 Å². The first-order valence-corrected chi connectivity index (χ1v) is 6.11. The zero-order valence-corrected chi connectivity index (χ0v) is 10.2. The van der Waals surface area contributed by atoms with Crippen LogP contribution in [-0.2, 0) is 9.53 Å². The van der Waals surface area contributed by atoms with Gasteiger partial charge in [-0.25, -0.2) is 0 Å². The summed E-state index contributed by atoms with van der Waals surface area (Å²) < 4.78 is 5.20. The van der Waals surface area contributed by atoms with E-state index >= 15 is 0 Å². The second-order valence-electron chi connectivity index (χ2n) is 6.20. The van der Waals surface area contributed by atoms with Gasteiger partial charge in [0, 0.05) is 5.92 Å². The van der Waals surface area contributed by atoms with Crippen LogP contribution in [0.3, 0.4) is 0 Å². The van der Waals surface area contributed by atoms with Crippen LogP contribution in [0.1, 0.15) is 40.5 Å². The third kappa shape index (κ3) is 1.68. The third-order valence-electron chi connectivity index (χ3n) is 4.29. The molecule has 1 aliphatic carbocycles. The molecule has 1 aliphatic heterocycles. The van der Waals surface area contributed by atoms with Gasteiger partial charge < -0.3 is 4.74 Å². The molecule has 0 N–H and O–H groups in total. The molecule has 1 saturated carbocycles. The summed E-state index contributed by atoms with van der Waals surface area (Å²) in [6, 6.07) is 0. The summed E-state index contributed by atoms with van der Waals surface area (Å²) in [5.41, 5.74) is 0.300. The van der Waals surface area contributed by atoms with Crippen LogP contribution in [0.2, 0.25) is 0 Å². The average molecular weight is 210 g/mol. The highest BCUT2D eigenvalue weighted by Gasteiger charge is 2.53. The first-order valence-electron chi connectivity index (χ1n) is 6.11. The van der Waals surface area contributed by atoms with Gasteiger partial charge in [-0.1, -0.05) is 34.1 Å². The van der Waals surface area contributed by atoms with Crippen molar-refractivity contribution in [2.45, 2.75) is 40.5 Å². The molecular formula is C13H22O2. The van der Waals surface area contributed by atoms with E-state index in [0.717, 1.165) is 6.42 Å². The highest BCUT2D eigenvalue weighted by Crippen LogP contribution is 2.53. The monoisotopic (exact) mass is 210 g/mol. The number of esters is 1. The van der Waals surface area contributed by atoms with Crippen molar-refractivity contribution in [3.05, 3.63) is 0 Å². The van der Waals surface area contributed by atoms with E-state index in [0.29, 0.717) is 29.8 Å². The molecule has 4 unspecified atom stereocenters. The molecule has 0 aromatic rings. The molecular weight excluding hydrogens is 188 g/mol. The minimum Gasteiger partial charge on any atom is -0.465 e. The van der Waals surface area contributed by atoms with Crippen LogP contribution in [0, 0.1) is 29.1 Å². The molecule has 2 heteroatoms. The smallest absolute Gasteiger partial charge is 0.309 e. The van der Waals surface area contributed by atoms with Crippen molar-refractivity contribution < 1.29 is 9.53 Å². The molecule has 1 heterocycles. The highest BCUT2D eigenvalue weighted by atomic mass is 16.5. The zero-order chi connectivity index (χ0) is 11.2. The summed E-state index contributed by atoms with van der Waals surface area (Å²) in [5, 5.41) is 0. The lowest BCUT2D eigenvalue weighted by molar-refractivity contribution is -0.141. The van der Waals surface area contributed by atoms with Gasteiger partial charge in [0.25, 0.3) is 0 Å². The van der Waals surface area contributed by atoms with Gasteiger partial charge in [-0.05, 0) is 23.7 Å². The number of hydrogen-bond donors (Lipinski definition) is 0. The Kier molecular flexibility index (Phi) is 2.56. The van der Waals surface area contributed by atoms with E-state index in [1.54, 1.807) is 0 Å². The predicted molar refractivity (Wildman–Crippen MR) is 59.3 cm³/mol. The van der Waals surface area contributed by atoms with Crippen molar-refractivity contribution >= 4 is 5.97 Å². The zero-order valence-electron chi connectivity index (χ0n) is 10.2. The molecule has 0 spiro atoms. The lowest BCUT2D eigenvalue weighted by Gasteiger charge is -2.35. The number of ether oxygens (including phenoxy) is 1. The van der Waals surface area contributed by atoms with Crippen LogP contribution in [-0.4, -0.2) is 12.6 Å². The van der Waals surface area contributed by atoms with Crippen LogP contribution < -0.4 is 0 Å². The normalized spacial score (nSPS) is 40.4. The van der Waals surface area contributed by atoms with E-state index in [9.17, 15) is 4.79 Å². The molecule has 2 fully saturated rings. The maximum Gasteiger partial charge on any atom is 0.309 e. The first-order chi connectivity index (χ1) is 6.95. The van der Waals surface area contributed by atoms with Crippen molar-refractivity contribution in [1.29, 1.82) is 0 Å². The summed E-state index contributed by atoms with van der Waals surface area (Å²) in [7, 11) is 0. The molecule has 0 amide bonds. The van der Waals surface area contributed by atoms with Gasteiger partial charge in [-0.2, -0.15) is 0 Å². The van der Waals surface area contributed by atoms with Crippen LogP contribution in [0.5, 0.6) is 0 Å². The fourth-order valence-corrected chi connectivity index (χ4v) is 3.79. The summed E-state index contributed by atoms with van der Waals surface area (Å²) in [6.07, 6.45) is 2.25. The predicted octanol–water partition coefficient (Wildman–Crippen LogP) is 2.87. The number of carbonyl (C=O) groups excluding carboxylic acids is 1. The van der Waals surface area contributed by atoms with Crippen molar-refractivity contribution in [3.63, 3.8) is 0 Å². The van der Waals surface area contributed by atoms with Crippen molar-refractivity contribution in [2.24, 2.45) is 29.1 Å². The maximum atomic E-state index is 11.6. The first kappa shape index (κ1) is 11.0. The summed E-state index contributed by atoms with van der Waals surface area (Å²) >= 11 is 0. The van der Waals surface area contributed by atoms with Crippen LogP contribution in [0.15, 0.2) is 0 Å².